The minimum absolute atomic E-state index is 0.202. The van der Waals surface area contributed by atoms with Gasteiger partial charge in [0.2, 0.25) is 0 Å². The van der Waals surface area contributed by atoms with Crippen molar-refractivity contribution in [3.63, 3.8) is 0 Å². The molecule has 2 rings (SSSR count). The van der Waals surface area contributed by atoms with Crippen LogP contribution in [-0.2, 0) is 10.0 Å². The molecule has 1 N–H and O–H groups in total. The topological polar surface area (TPSA) is 64.6 Å². The second-order valence-electron chi connectivity index (χ2n) is 4.97. The highest BCUT2D eigenvalue weighted by Crippen LogP contribution is 2.28. The molecular weight excluding hydrogens is 359 g/mol. The number of anilines is 1. The van der Waals surface area contributed by atoms with Crippen molar-refractivity contribution in [2.75, 3.05) is 11.3 Å². The molecule has 0 fully saturated rings. The zero-order valence-corrected chi connectivity index (χ0v) is 14.0. The number of ether oxygens (including phenoxy) is 2. The fourth-order valence-electron chi connectivity index (χ4n) is 1.91. The lowest BCUT2D eigenvalue weighted by Crippen LogP contribution is -2.17. The smallest absolute Gasteiger partial charge is 0.491 e. The van der Waals surface area contributed by atoms with Crippen LogP contribution < -0.4 is 14.2 Å². The van der Waals surface area contributed by atoms with Gasteiger partial charge in [0.1, 0.15) is 11.5 Å². The molecule has 0 aliphatic carbocycles. The molecule has 9 heteroatoms. The van der Waals surface area contributed by atoms with E-state index < -0.39 is 22.1 Å². The molecule has 0 bridgehead atoms. The van der Waals surface area contributed by atoms with Crippen LogP contribution >= 0.6 is 0 Å². The van der Waals surface area contributed by atoms with E-state index in [1.165, 1.54) is 6.07 Å². The molecule has 2 aromatic carbocycles. The summed E-state index contributed by atoms with van der Waals surface area (Å²) in [6.07, 6.45) is -4.09. The third kappa shape index (κ3) is 5.56. The number of rotatable bonds is 7. The molecule has 0 aliphatic rings. The third-order valence-electron chi connectivity index (χ3n) is 2.96. The van der Waals surface area contributed by atoms with Crippen molar-refractivity contribution in [3.8, 4) is 11.5 Å². The van der Waals surface area contributed by atoms with Crippen molar-refractivity contribution >= 4 is 15.7 Å². The number of alkyl halides is 3. The summed E-state index contributed by atoms with van der Waals surface area (Å²) < 4.78 is 72.8. The van der Waals surface area contributed by atoms with E-state index in [-0.39, 0.29) is 10.6 Å². The van der Waals surface area contributed by atoms with Crippen molar-refractivity contribution in [2.45, 2.75) is 24.6 Å². The standard InChI is InChI=1S/C16H16F3NO4S/c1-2-11-23-15-6-4-3-5-14(15)20-25(21,22)13-9-7-12(8-10-13)24-16(17,18)19/h3-10,20H,2,11H2,1H3. The van der Waals surface area contributed by atoms with Crippen molar-refractivity contribution in [3.05, 3.63) is 48.5 Å². The monoisotopic (exact) mass is 375 g/mol. The minimum Gasteiger partial charge on any atom is -0.491 e. The molecular formula is C16H16F3NO4S. The number of halogens is 3. The first-order valence-electron chi connectivity index (χ1n) is 7.32. The lowest BCUT2D eigenvalue weighted by molar-refractivity contribution is -0.274. The predicted octanol–water partition coefficient (Wildman–Crippen LogP) is 4.17. The van der Waals surface area contributed by atoms with E-state index in [9.17, 15) is 21.6 Å². The van der Waals surface area contributed by atoms with Gasteiger partial charge in [-0.15, -0.1) is 13.2 Å². The van der Waals surface area contributed by atoms with Crippen molar-refractivity contribution in [1.82, 2.24) is 0 Å². The largest absolute Gasteiger partial charge is 0.573 e. The Morgan fingerprint density at radius 1 is 1.04 bits per heavy atom. The van der Waals surface area contributed by atoms with E-state index in [0.29, 0.717) is 12.4 Å². The summed E-state index contributed by atoms with van der Waals surface area (Å²) in [4.78, 5) is -0.202. The Balaban J connectivity index is 2.19. The van der Waals surface area contributed by atoms with Crippen molar-refractivity contribution in [2.24, 2.45) is 0 Å². The summed E-state index contributed by atoms with van der Waals surface area (Å²) >= 11 is 0. The number of para-hydroxylation sites is 2. The Morgan fingerprint density at radius 2 is 1.68 bits per heavy atom. The molecule has 0 saturated carbocycles. The SMILES string of the molecule is CCCOc1ccccc1NS(=O)(=O)c1ccc(OC(F)(F)F)cc1. The molecule has 0 aliphatic heterocycles. The average molecular weight is 375 g/mol. The average Bonchev–Trinajstić information content (AvgIpc) is 2.53. The van der Waals surface area contributed by atoms with Gasteiger partial charge in [0.25, 0.3) is 10.0 Å². The van der Waals surface area contributed by atoms with Crippen LogP contribution in [0.15, 0.2) is 53.4 Å². The molecule has 0 heterocycles. The van der Waals surface area contributed by atoms with Crippen LogP contribution in [0.1, 0.15) is 13.3 Å². The number of hydrogen-bond acceptors (Lipinski definition) is 4. The molecule has 0 aromatic heterocycles. The van der Waals surface area contributed by atoms with Crippen LogP contribution in [0, 0.1) is 0 Å². The maximum absolute atomic E-state index is 12.4. The Hall–Kier alpha value is -2.42. The van der Waals surface area contributed by atoms with Crippen molar-refractivity contribution < 1.29 is 31.1 Å². The van der Waals surface area contributed by atoms with E-state index in [4.69, 9.17) is 4.74 Å². The molecule has 25 heavy (non-hydrogen) atoms. The second-order valence-corrected chi connectivity index (χ2v) is 6.65. The van der Waals surface area contributed by atoms with Crippen LogP contribution in [0.3, 0.4) is 0 Å². The molecule has 0 radical (unpaired) electrons. The molecule has 0 spiro atoms. The quantitative estimate of drug-likeness (QED) is 0.789. The van der Waals surface area contributed by atoms with Gasteiger partial charge in [0.15, 0.2) is 0 Å². The Morgan fingerprint density at radius 3 is 2.28 bits per heavy atom. The molecule has 0 atom stereocenters. The first-order valence-corrected chi connectivity index (χ1v) is 8.80. The fourth-order valence-corrected chi connectivity index (χ4v) is 2.98. The number of nitrogens with one attached hydrogen (secondary N) is 1. The summed E-state index contributed by atoms with van der Waals surface area (Å²) in [5.41, 5.74) is 0.242. The minimum atomic E-state index is -4.84. The zero-order chi connectivity index (χ0) is 18.5. The number of benzene rings is 2. The van der Waals surface area contributed by atoms with E-state index in [1.807, 2.05) is 6.92 Å². The summed E-state index contributed by atoms with van der Waals surface area (Å²) in [6.45, 7) is 2.33. The van der Waals surface area contributed by atoms with Crippen molar-refractivity contribution in [1.29, 1.82) is 0 Å². The Bertz CT molecular complexity index is 805. The highest BCUT2D eigenvalue weighted by atomic mass is 32.2. The summed E-state index contributed by atoms with van der Waals surface area (Å²) in [5, 5.41) is 0. The molecule has 0 unspecified atom stereocenters. The van der Waals surface area contributed by atoms with Gasteiger partial charge in [-0.2, -0.15) is 0 Å². The first-order chi connectivity index (χ1) is 11.7. The van der Waals surface area contributed by atoms with E-state index in [1.54, 1.807) is 18.2 Å². The maximum atomic E-state index is 12.4. The van der Waals surface area contributed by atoms with Gasteiger partial charge >= 0.3 is 6.36 Å². The van der Waals surface area contributed by atoms with E-state index >= 15 is 0 Å². The van der Waals surface area contributed by atoms with Gasteiger partial charge in [-0.25, -0.2) is 8.42 Å². The van der Waals surface area contributed by atoms with Gasteiger partial charge in [-0.05, 0) is 42.8 Å². The summed E-state index contributed by atoms with van der Waals surface area (Å²) in [7, 11) is -3.99. The molecule has 136 valence electrons. The second kappa shape index (κ2) is 7.64. The van der Waals surface area contributed by atoms with Crippen LogP contribution in [0.5, 0.6) is 11.5 Å². The lowest BCUT2D eigenvalue weighted by atomic mass is 10.3. The van der Waals surface area contributed by atoms with Gasteiger partial charge < -0.3 is 9.47 Å². The zero-order valence-electron chi connectivity index (χ0n) is 13.2. The highest BCUT2D eigenvalue weighted by Gasteiger charge is 2.31. The normalized spacial score (nSPS) is 11.8. The van der Waals surface area contributed by atoms with Gasteiger partial charge in [0, 0.05) is 0 Å². The Kier molecular flexibility index (Phi) is 5.78. The van der Waals surface area contributed by atoms with E-state index in [2.05, 4.69) is 9.46 Å². The molecule has 2 aromatic rings. The number of hydrogen-bond donors (Lipinski definition) is 1. The predicted molar refractivity (Wildman–Crippen MR) is 86.2 cm³/mol. The number of sulfonamides is 1. The van der Waals surface area contributed by atoms with Gasteiger partial charge in [0.05, 0.1) is 17.2 Å². The van der Waals surface area contributed by atoms with Crippen LogP contribution in [0.2, 0.25) is 0 Å². The first kappa shape index (κ1) is 18.9. The molecule has 0 amide bonds. The summed E-state index contributed by atoms with van der Waals surface area (Å²) in [6, 6.07) is 10.4. The lowest BCUT2D eigenvalue weighted by Gasteiger charge is -2.14. The molecule has 0 saturated heterocycles. The van der Waals surface area contributed by atoms with Crippen LogP contribution in [-0.4, -0.2) is 21.4 Å². The van der Waals surface area contributed by atoms with Crippen LogP contribution in [0.4, 0.5) is 18.9 Å². The maximum Gasteiger partial charge on any atom is 0.573 e. The third-order valence-corrected chi connectivity index (χ3v) is 4.34. The van der Waals surface area contributed by atoms with Gasteiger partial charge in [-0.3, -0.25) is 4.72 Å². The Labute approximate surface area is 143 Å². The highest BCUT2D eigenvalue weighted by molar-refractivity contribution is 7.92. The van der Waals surface area contributed by atoms with Crippen LogP contribution in [0.25, 0.3) is 0 Å². The van der Waals surface area contributed by atoms with E-state index in [0.717, 1.165) is 30.7 Å². The fraction of sp³-hybridized carbons (Fsp3) is 0.250. The van der Waals surface area contributed by atoms with Gasteiger partial charge in [-0.1, -0.05) is 19.1 Å². The molecule has 5 nitrogen and oxygen atoms in total. The summed E-state index contributed by atoms with van der Waals surface area (Å²) in [5.74, 6) is -0.136.